The maximum absolute atomic E-state index is 13.6. The Balaban J connectivity index is 1.48. The number of pyridine rings is 1. The minimum absolute atomic E-state index is 0.0989. The van der Waals surface area contributed by atoms with E-state index in [-0.39, 0.29) is 24.2 Å². The standard InChI is InChI=1S/C27H31N5O3/c1-17(2)32-26-22(13-28-32)21(12-24(29-26)25-10-7-11-34-25)27(33)30-23-9-6-5-8-20(23)16-31-14-18(3)35-19(4)15-31/h5-13,17-19H,14-16H2,1-4H3,(H,30,33). The molecular formula is C27H31N5O3. The van der Waals surface area contributed by atoms with E-state index >= 15 is 0 Å². The van der Waals surface area contributed by atoms with Crippen molar-refractivity contribution < 1.29 is 13.9 Å². The number of morpholine rings is 1. The number of para-hydroxylation sites is 1. The quantitative estimate of drug-likeness (QED) is 0.418. The predicted octanol–water partition coefficient (Wildman–Crippen LogP) is 5.13. The minimum Gasteiger partial charge on any atom is -0.463 e. The highest BCUT2D eigenvalue weighted by Gasteiger charge is 2.24. The van der Waals surface area contributed by atoms with Gasteiger partial charge in [-0.1, -0.05) is 18.2 Å². The Morgan fingerprint density at radius 3 is 2.63 bits per heavy atom. The molecule has 0 saturated carbocycles. The number of nitrogens with one attached hydrogen (secondary N) is 1. The van der Waals surface area contributed by atoms with Crippen LogP contribution < -0.4 is 5.32 Å². The van der Waals surface area contributed by atoms with Crippen LogP contribution in [0.1, 0.15) is 49.7 Å². The van der Waals surface area contributed by atoms with Crippen LogP contribution in [0.25, 0.3) is 22.5 Å². The molecule has 1 aliphatic rings. The molecule has 182 valence electrons. The van der Waals surface area contributed by atoms with Crippen LogP contribution in [0.5, 0.6) is 0 Å². The van der Waals surface area contributed by atoms with Gasteiger partial charge in [0.15, 0.2) is 11.4 Å². The van der Waals surface area contributed by atoms with Crippen molar-refractivity contribution in [1.82, 2.24) is 19.7 Å². The Hall–Kier alpha value is -3.49. The van der Waals surface area contributed by atoms with Crippen molar-refractivity contribution in [2.45, 2.75) is 52.5 Å². The second-order valence-corrected chi connectivity index (χ2v) is 9.52. The summed E-state index contributed by atoms with van der Waals surface area (Å²) >= 11 is 0. The lowest BCUT2D eigenvalue weighted by molar-refractivity contribution is -0.0704. The average molecular weight is 474 g/mol. The first-order valence-corrected chi connectivity index (χ1v) is 12.1. The number of carbonyl (C=O) groups is 1. The topological polar surface area (TPSA) is 85.4 Å². The van der Waals surface area contributed by atoms with Crippen LogP contribution in [0.3, 0.4) is 0 Å². The van der Waals surface area contributed by atoms with Gasteiger partial charge in [-0.15, -0.1) is 0 Å². The zero-order valence-electron chi connectivity index (χ0n) is 20.6. The van der Waals surface area contributed by atoms with Crippen molar-refractivity contribution in [3.8, 4) is 11.5 Å². The summed E-state index contributed by atoms with van der Waals surface area (Å²) in [5.41, 5.74) is 3.63. The van der Waals surface area contributed by atoms with Gasteiger partial charge in [0.05, 0.1) is 35.6 Å². The van der Waals surface area contributed by atoms with E-state index in [1.165, 1.54) is 0 Å². The number of amides is 1. The Morgan fingerprint density at radius 2 is 1.91 bits per heavy atom. The maximum atomic E-state index is 13.6. The summed E-state index contributed by atoms with van der Waals surface area (Å²) < 4.78 is 13.3. The largest absolute Gasteiger partial charge is 0.463 e. The van der Waals surface area contributed by atoms with E-state index in [2.05, 4.69) is 35.2 Å². The fourth-order valence-corrected chi connectivity index (χ4v) is 4.76. The Morgan fingerprint density at radius 1 is 1.14 bits per heavy atom. The van der Waals surface area contributed by atoms with Crippen molar-refractivity contribution in [3.05, 3.63) is 66.1 Å². The number of nitrogens with zero attached hydrogens (tertiary/aromatic N) is 4. The number of carbonyl (C=O) groups excluding carboxylic acids is 1. The fraction of sp³-hybridized carbons (Fsp3) is 0.370. The molecule has 1 aromatic carbocycles. The van der Waals surface area contributed by atoms with Gasteiger partial charge < -0.3 is 14.5 Å². The molecule has 8 heteroatoms. The summed E-state index contributed by atoms with van der Waals surface area (Å²) in [6, 6.07) is 13.5. The molecule has 1 fully saturated rings. The normalized spacial score (nSPS) is 18.9. The van der Waals surface area contributed by atoms with Crippen LogP contribution in [0.2, 0.25) is 0 Å². The van der Waals surface area contributed by atoms with E-state index in [0.29, 0.717) is 28.1 Å². The molecule has 3 aromatic heterocycles. The van der Waals surface area contributed by atoms with E-state index in [1.54, 1.807) is 18.5 Å². The summed E-state index contributed by atoms with van der Waals surface area (Å²) in [6.45, 7) is 10.7. The minimum atomic E-state index is -0.204. The van der Waals surface area contributed by atoms with Crippen molar-refractivity contribution in [3.63, 3.8) is 0 Å². The van der Waals surface area contributed by atoms with E-state index in [0.717, 1.165) is 30.9 Å². The van der Waals surface area contributed by atoms with E-state index < -0.39 is 0 Å². The van der Waals surface area contributed by atoms with Crippen LogP contribution in [0.15, 0.2) is 59.3 Å². The van der Waals surface area contributed by atoms with Crippen LogP contribution in [-0.2, 0) is 11.3 Å². The highest BCUT2D eigenvalue weighted by Crippen LogP contribution is 2.28. The lowest BCUT2D eigenvalue weighted by Crippen LogP contribution is -2.44. The third-order valence-corrected chi connectivity index (χ3v) is 6.23. The highest BCUT2D eigenvalue weighted by molar-refractivity contribution is 6.12. The van der Waals surface area contributed by atoms with Gasteiger partial charge in [0, 0.05) is 31.4 Å². The molecule has 0 radical (unpaired) electrons. The van der Waals surface area contributed by atoms with Gasteiger partial charge in [0.2, 0.25) is 0 Å². The van der Waals surface area contributed by atoms with Gasteiger partial charge in [0.1, 0.15) is 5.69 Å². The second-order valence-electron chi connectivity index (χ2n) is 9.52. The van der Waals surface area contributed by atoms with Gasteiger partial charge in [-0.05, 0) is 57.5 Å². The van der Waals surface area contributed by atoms with Crippen LogP contribution in [-0.4, -0.2) is 50.9 Å². The molecule has 0 aliphatic carbocycles. The molecule has 1 saturated heterocycles. The summed E-state index contributed by atoms with van der Waals surface area (Å²) in [5.74, 6) is 0.401. The summed E-state index contributed by atoms with van der Waals surface area (Å²) in [5, 5.41) is 8.36. The second kappa shape index (κ2) is 9.64. The van der Waals surface area contributed by atoms with Crippen LogP contribution >= 0.6 is 0 Å². The number of anilines is 1. The third kappa shape index (κ3) is 4.85. The molecule has 5 rings (SSSR count). The summed E-state index contributed by atoms with van der Waals surface area (Å²) in [7, 11) is 0. The first-order chi connectivity index (χ1) is 16.9. The van der Waals surface area contributed by atoms with Crippen LogP contribution in [0, 0.1) is 0 Å². The van der Waals surface area contributed by atoms with E-state index in [4.69, 9.17) is 14.1 Å². The molecule has 35 heavy (non-hydrogen) atoms. The Bertz CT molecular complexity index is 1320. The number of fused-ring (bicyclic) bond motifs is 1. The van der Waals surface area contributed by atoms with Gasteiger partial charge in [-0.3, -0.25) is 9.69 Å². The molecule has 2 unspecified atom stereocenters. The number of rotatable bonds is 6. The molecule has 0 bridgehead atoms. The smallest absolute Gasteiger partial charge is 0.256 e. The number of hydrogen-bond acceptors (Lipinski definition) is 6. The predicted molar refractivity (Wildman–Crippen MR) is 135 cm³/mol. The molecule has 1 aliphatic heterocycles. The van der Waals surface area contributed by atoms with Crippen molar-refractivity contribution in [2.24, 2.45) is 0 Å². The van der Waals surface area contributed by atoms with E-state index in [1.807, 2.05) is 48.9 Å². The maximum Gasteiger partial charge on any atom is 0.256 e. The number of ether oxygens (including phenoxy) is 1. The zero-order valence-corrected chi connectivity index (χ0v) is 20.6. The lowest BCUT2D eigenvalue weighted by atomic mass is 10.1. The number of benzene rings is 1. The molecule has 8 nitrogen and oxygen atoms in total. The molecular weight excluding hydrogens is 442 g/mol. The number of furan rings is 1. The SMILES string of the molecule is CC1CN(Cc2ccccc2NC(=O)c2cc(-c3ccco3)nc3c2cnn3C(C)C)CC(C)O1. The summed E-state index contributed by atoms with van der Waals surface area (Å²) in [6.07, 6.45) is 3.68. The van der Waals surface area contributed by atoms with E-state index in [9.17, 15) is 4.79 Å². The Kier molecular flexibility index (Phi) is 6.40. The monoisotopic (exact) mass is 473 g/mol. The number of aromatic nitrogens is 3. The van der Waals surface area contributed by atoms with Crippen LogP contribution in [0.4, 0.5) is 5.69 Å². The first-order valence-electron chi connectivity index (χ1n) is 12.1. The number of hydrogen-bond donors (Lipinski definition) is 1. The highest BCUT2D eigenvalue weighted by atomic mass is 16.5. The molecule has 4 heterocycles. The van der Waals surface area contributed by atoms with Gasteiger partial charge in [-0.25, -0.2) is 9.67 Å². The third-order valence-electron chi connectivity index (χ3n) is 6.23. The van der Waals surface area contributed by atoms with Crippen molar-refractivity contribution in [1.29, 1.82) is 0 Å². The van der Waals surface area contributed by atoms with Gasteiger partial charge in [-0.2, -0.15) is 5.10 Å². The lowest BCUT2D eigenvalue weighted by Gasteiger charge is -2.35. The fourth-order valence-electron chi connectivity index (χ4n) is 4.76. The molecule has 1 amide bonds. The molecule has 4 aromatic rings. The Labute approximate surface area is 204 Å². The van der Waals surface area contributed by atoms with Gasteiger partial charge in [0.25, 0.3) is 5.91 Å². The molecule has 2 atom stereocenters. The zero-order chi connectivity index (χ0) is 24.5. The first kappa shape index (κ1) is 23.3. The van der Waals surface area contributed by atoms with Gasteiger partial charge >= 0.3 is 0 Å². The van der Waals surface area contributed by atoms with Crippen molar-refractivity contribution in [2.75, 3.05) is 18.4 Å². The molecule has 1 N–H and O–H groups in total. The van der Waals surface area contributed by atoms with Crippen molar-refractivity contribution >= 4 is 22.6 Å². The summed E-state index contributed by atoms with van der Waals surface area (Å²) in [4.78, 5) is 20.8. The average Bonchev–Trinajstić information content (AvgIpc) is 3.49. The molecule has 0 spiro atoms.